The fraction of sp³-hybridized carbons (Fsp3) is 0.278. The highest BCUT2D eigenvalue weighted by Crippen LogP contribution is 2.20. The quantitative estimate of drug-likeness (QED) is 0.639. The zero-order valence-corrected chi connectivity index (χ0v) is 13.5. The van der Waals surface area contributed by atoms with E-state index in [1.807, 2.05) is 24.3 Å². The maximum absolute atomic E-state index is 8.76. The Balaban J connectivity index is 1.87. The SMILES string of the molecule is N#CCCCn1c(CCc2ccccc2)nc2cc(Cl)cnc21. The fourth-order valence-corrected chi connectivity index (χ4v) is 2.83. The number of hydrogen-bond acceptors (Lipinski definition) is 3. The molecule has 0 radical (unpaired) electrons. The second kappa shape index (κ2) is 7.26. The monoisotopic (exact) mass is 324 g/mol. The largest absolute Gasteiger partial charge is 0.313 e. The van der Waals surface area contributed by atoms with Crippen LogP contribution in [0.4, 0.5) is 0 Å². The van der Waals surface area contributed by atoms with E-state index in [9.17, 15) is 0 Å². The number of hydrogen-bond donors (Lipinski definition) is 0. The van der Waals surface area contributed by atoms with E-state index in [4.69, 9.17) is 21.8 Å². The minimum Gasteiger partial charge on any atom is -0.313 e. The zero-order valence-electron chi connectivity index (χ0n) is 12.7. The predicted octanol–water partition coefficient (Wildman–Crippen LogP) is 4.17. The molecule has 3 aromatic rings. The summed E-state index contributed by atoms with van der Waals surface area (Å²) >= 11 is 6.03. The number of benzene rings is 1. The van der Waals surface area contributed by atoms with Crippen molar-refractivity contribution in [3.63, 3.8) is 0 Å². The topological polar surface area (TPSA) is 54.5 Å². The summed E-state index contributed by atoms with van der Waals surface area (Å²) in [4.78, 5) is 9.12. The standard InChI is InChI=1S/C18H17ClN4/c19-15-12-16-18(21-13-15)23(11-5-4-10-20)17(22-16)9-8-14-6-2-1-3-7-14/h1-3,6-7,12-13H,4-5,8-9,11H2. The van der Waals surface area contributed by atoms with E-state index >= 15 is 0 Å². The molecule has 0 fully saturated rings. The van der Waals surface area contributed by atoms with Crippen LogP contribution in [0, 0.1) is 11.3 Å². The Kier molecular flexibility index (Phi) is 4.89. The first kappa shape index (κ1) is 15.5. The first-order valence-electron chi connectivity index (χ1n) is 7.69. The average Bonchev–Trinajstić information content (AvgIpc) is 2.91. The summed E-state index contributed by atoms with van der Waals surface area (Å²) in [5.41, 5.74) is 2.95. The first-order valence-corrected chi connectivity index (χ1v) is 8.07. The first-order chi connectivity index (χ1) is 11.3. The molecule has 0 amide bonds. The molecule has 0 bridgehead atoms. The highest BCUT2D eigenvalue weighted by molar-refractivity contribution is 6.31. The molecule has 0 N–H and O–H groups in total. The lowest BCUT2D eigenvalue weighted by atomic mass is 10.1. The number of unbranched alkanes of at least 4 members (excludes halogenated alkanes) is 1. The molecule has 0 spiro atoms. The van der Waals surface area contributed by atoms with Gasteiger partial charge in [0.15, 0.2) is 5.65 Å². The van der Waals surface area contributed by atoms with E-state index in [0.717, 1.165) is 42.8 Å². The Labute approximate surface area is 140 Å². The van der Waals surface area contributed by atoms with E-state index in [0.29, 0.717) is 11.4 Å². The molecule has 0 atom stereocenters. The molecular formula is C18H17ClN4. The van der Waals surface area contributed by atoms with Crippen LogP contribution in [0.15, 0.2) is 42.6 Å². The summed E-state index contributed by atoms with van der Waals surface area (Å²) in [6.07, 6.45) is 4.74. The van der Waals surface area contributed by atoms with Crippen molar-refractivity contribution >= 4 is 22.8 Å². The highest BCUT2D eigenvalue weighted by Gasteiger charge is 2.12. The number of halogens is 1. The van der Waals surface area contributed by atoms with Gasteiger partial charge in [-0.25, -0.2) is 9.97 Å². The van der Waals surface area contributed by atoms with Gasteiger partial charge in [-0.2, -0.15) is 5.26 Å². The van der Waals surface area contributed by atoms with E-state index < -0.39 is 0 Å². The van der Waals surface area contributed by atoms with Crippen LogP contribution in [0.2, 0.25) is 5.02 Å². The van der Waals surface area contributed by atoms with Gasteiger partial charge in [-0.05, 0) is 24.5 Å². The van der Waals surface area contributed by atoms with E-state index in [2.05, 4.69) is 27.8 Å². The van der Waals surface area contributed by atoms with Crippen LogP contribution < -0.4 is 0 Å². The number of aromatic nitrogens is 3. The lowest BCUT2D eigenvalue weighted by molar-refractivity contribution is 0.626. The van der Waals surface area contributed by atoms with E-state index in [1.54, 1.807) is 6.20 Å². The average molecular weight is 325 g/mol. The molecule has 0 aliphatic carbocycles. The summed E-state index contributed by atoms with van der Waals surface area (Å²) < 4.78 is 2.12. The van der Waals surface area contributed by atoms with Crippen molar-refractivity contribution in [3.8, 4) is 6.07 Å². The third kappa shape index (κ3) is 3.69. The molecular weight excluding hydrogens is 308 g/mol. The lowest BCUT2D eigenvalue weighted by Gasteiger charge is -2.07. The predicted molar refractivity (Wildman–Crippen MR) is 91.2 cm³/mol. The molecule has 4 nitrogen and oxygen atoms in total. The van der Waals surface area contributed by atoms with Crippen molar-refractivity contribution in [2.75, 3.05) is 0 Å². The van der Waals surface area contributed by atoms with Gasteiger partial charge in [0.05, 0.1) is 11.1 Å². The number of nitriles is 1. The van der Waals surface area contributed by atoms with Gasteiger partial charge in [-0.3, -0.25) is 0 Å². The lowest BCUT2D eigenvalue weighted by Crippen LogP contribution is -2.06. The Hall–Kier alpha value is -2.38. The van der Waals surface area contributed by atoms with Crippen LogP contribution in [0.1, 0.15) is 24.2 Å². The van der Waals surface area contributed by atoms with E-state index in [-0.39, 0.29) is 0 Å². The van der Waals surface area contributed by atoms with Gasteiger partial charge in [0.1, 0.15) is 11.3 Å². The fourth-order valence-electron chi connectivity index (χ4n) is 2.68. The Morgan fingerprint density at radius 2 is 2.00 bits per heavy atom. The summed E-state index contributed by atoms with van der Waals surface area (Å²) in [5, 5.41) is 9.35. The van der Waals surface area contributed by atoms with Crippen molar-refractivity contribution < 1.29 is 0 Å². The molecule has 0 aliphatic heterocycles. The second-order valence-electron chi connectivity index (χ2n) is 5.42. The maximum Gasteiger partial charge on any atom is 0.160 e. The second-order valence-corrected chi connectivity index (χ2v) is 5.86. The van der Waals surface area contributed by atoms with Crippen molar-refractivity contribution in [1.82, 2.24) is 14.5 Å². The van der Waals surface area contributed by atoms with Gasteiger partial charge in [0, 0.05) is 25.6 Å². The molecule has 23 heavy (non-hydrogen) atoms. The summed E-state index contributed by atoms with van der Waals surface area (Å²) in [5.74, 6) is 0.997. The van der Waals surface area contributed by atoms with Crippen LogP contribution >= 0.6 is 11.6 Å². The Bertz CT molecular complexity index is 833. The number of nitrogens with zero attached hydrogens (tertiary/aromatic N) is 4. The molecule has 3 rings (SSSR count). The van der Waals surface area contributed by atoms with Crippen LogP contribution in [0.5, 0.6) is 0 Å². The van der Waals surface area contributed by atoms with Crippen LogP contribution in [-0.2, 0) is 19.4 Å². The number of rotatable bonds is 6. The van der Waals surface area contributed by atoms with Crippen molar-refractivity contribution in [1.29, 1.82) is 5.26 Å². The van der Waals surface area contributed by atoms with E-state index in [1.165, 1.54) is 5.56 Å². The number of imidazole rings is 1. The molecule has 2 heterocycles. The van der Waals surface area contributed by atoms with Crippen LogP contribution in [0.25, 0.3) is 11.2 Å². The minimum absolute atomic E-state index is 0.533. The summed E-state index contributed by atoms with van der Waals surface area (Å²) in [7, 11) is 0. The third-order valence-corrected chi connectivity index (χ3v) is 3.99. The molecule has 0 unspecified atom stereocenters. The van der Waals surface area contributed by atoms with Gasteiger partial charge < -0.3 is 4.57 Å². The van der Waals surface area contributed by atoms with Gasteiger partial charge in [0.2, 0.25) is 0 Å². The molecule has 116 valence electrons. The number of aryl methyl sites for hydroxylation is 3. The van der Waals surface area contributed by atoms with Gasteiger partial charge in [0.25, 0.3) is 0 Å². The van der Waals surface area contributed by atoms with Crippen LogP contribution in [-0.4, -0.2) is 14.5 Å². The number of pyridine rings is 1. The third-order valence-electron chi connectivity index (χ3n) is 3.78. The maximum atomic E-state index is 8.76. The minimum atomic E-state index is 0.533. The normalized spacial score (nSPS) is 10.8. The molecule has 2 aromatic heterocycles. The Morgan fingerprint density at radius 3 is 2.78 bits per heavy atom. The Morgan fingerprint density at radius 1 is 1.17 bits per heavy atom. The smallest absolute Gasteiger partial charge is 0.160 e. The summed E-state index contributed by atoms with van der Waals surface area (Å²) in [6.45, 7) is 0.753. The molecule has 0 saturated heterocycles. The van der Waals surface area contributed by atoms with Crippen molar-refractivity contribution in [2.45, 2.75) is 32.2 Å². The highest BCUT2D eigenvalue weighted by atomic mass is 35.5. The van der Waals surface area contributed by atoms with Gasteiger partial charge in [-0.1, -0.05) is 41.9 Å². The number of fused-ring (bicyclic) bond motifs is 1. The molecule has 1 aromatic carbocycles. The summed E-state index contributed by atoms with van der Waals surface area (Å²) in [6, 6.07) is 14.4. The molecule has 0 saturated carbocycles. The van der Waals surface area contributed by atoms with Crippen LogP contribution in [0.3, 0.4) is 0 Å². The molecule has 0 aliphatic rings. The van der Waals surface area contributed by atoms with Crippen molar-refractivity contribution in [3.05, 3.63) is 59.0 Å². The zero-order chi connectivity index (χ0) is 16.1. The van der Waals surface area contributed by atoms with Gasteiger partial charge in [-0.15, -0.1) is 0 Å². The van der Waals surface area contributed by atoms with Crippen molar-refractivity contribution in [2.24, 2.45) is 0 Å². The van der Waals surface area contributed by atoms with Gasteiger partial charge >= 0.3 is 0 Å². The molecule has 5 heteroatoms.